The summed E-state index contributed by atoms with van der Waals surface area (Å²) in [6, 6.07) is 11.2. The Morgan fingerprint density at radius 2 is 1.74 bits per heavy atom. The molecule has 0 aliphatic heterocycles. The first-order chi connectivity index (χ1) is 9.13. The molecule has 0 bridgehead atoms. The van der Waals surface area contributed by atoms with Crippen molar-refractivity contribution >= 4 is 23.2 Å². The summed E-state index contributed by atoms with van der Waals surface area (Å²) in [7, 11) is 1.61. The third-order valence-electron chi connectivity index (χ3n) is 2.69. The number of methoxy groups -OCH3 is 1. The Hall–Kier alpha value is -1.38. The molecule has 2 rings (SSSR count). The Morgan fingerprint density at radius 1 is 1.00 bits per heavy atom. The molecule has 0 aromatic heterocycles. The molecule has 4 heteroatoms. The lowest BCUT2D eigenvalue weighted by Crippen LogP contribution is -1.92. The zero-order valence-corrected chi connectivity index (χ0v) is 12.3. The van der Waals surface area contributed by atoms with Gasteiger partial charge in [0.15, 0.2) is 11.5 Å². The second-order valence-electron chi connectivity index (χ2n) is 4.15. The van der Waals surface area contributed by atoms with Crippen molar-refractivity contribution in [2.75, 3.05) is 7.11 Å². The van der Waals surface area contributed by atoms with E-state index >= 15 is 0 Å². The number of rotatable bonds is 4. The number of hydrogen-bond acceptors (Lipinski definition) is 2. The average molecular weight is 297 g/mol. The van der Waals surface area contributed by atoms with Crippen LogP contribution in [0.15, 0.2) is 36.4 Å². The number of halogens is 2. The molecule has 0 unspecified atom stereocenters. The summed E-state index contributed by atoms with van der Waals surface area (Å²) >= 11 is 11.9. The molecule has 0 saturated heterocycles. The second kappa shape index (κ2) is 6.18. The summed E-state index contributed by atoms with van der Waals surface area (Å²) in [6.45, 7) is 1.99. The molecule has 2 nitrogen and oxygen atoms in total. The highest BCUT2D eigenvalue weighted by Gasteiger charge is 2.09. The van der Waals surface area contributed by atoms with Gasteiger partial charge in [0.2, 0.25) is 0 Å². The van der Waals surface area contributed by atoms with Crippen molar-refractivity contribution in [1.82, 2.24) is 0 Å². The Kier molecular flexibility index (Phi) is 4.56. The number of ether oxygens (including phenoxy) is 2. The second-order valence-corrected chi connectivity index (χ2v) is 4.83. The van der Waals surface area contributed by atoms with E-state index in [9.17, 15) is 0 Å². The van der Waals surface area contributed by atoms with Crippen LogP contribution >= 0.6 is 23.2 Å². The van der Waals surface area contributed by atoms with Crippen LogP contribution in [0.5, 0.6) is 17.2 Å². The van der Waals surface area contributed by atoms with Crippen molar-refractivity contribution in [2.45, 2.75) is 12.8 Å². The highest BCUT2D eigenvalue weighted by molar-refractivity contribution is 6.32. The maximum absolute atomic E-state index is 6.16. The van der Waals surface area contributed by atoms with Crippen molar-refractivity contribution in [3.8, 4) is 17.2 Å². The van der Waals surface area contributed by atoms with Crippen LogP contribution in [0.4, 0.5) is 0 Å². The van der Waals surface area contributed by atoms with Gasteiger partial charge >= 0.3 is 0 Å². The van der Waals surface area contributed by atoms with Crippen LogP contribution in [-0.2, 0) is 5.88 Å². The zero-order valence-electron chi connectivity index (χ0n) is 10.7. The van der Waals surface area contributed by atoms with Crippen LogP contribution in [0.2, 0.25) is 5.02 Å². The van der Waals surface area contributed by atoms with E-state index in [0.29, 0.717) is 28.2 Å². The fourth-order valence-corrected chi connectivity index (χ4v) is 2.10. The lowest BCUT2D eigenvalue weighted by atomic mass is 10.2. The van der Waals surface area contributed by atoms with Gasteiger partial charge < -0.3 is 9.47 Å². The molecular weight excluding hydrogens is 283 g/mol. The lowest BCUT2D eigenvalue weighted by Gasteiger charge is -2.12. The van der Waals surface area contributed by atoms with E-state index in [1.54, 1.807) is 19.2 Å². The predicted molar refractivity (Wildman–Crippen MR) is 78.8 cm³/mol. The molecule has 0 aliphatic rings. The molecule has 0 fully saturated rings. The maximum atomic E-state index is 6.16. The van der Waals surface area contributed by atoms with Gasteiger partial charge in [-0.1, -0.05) is 23.7 Å². The van der Waals surface area contributed by atoms with E-state index in [2.05, 4.69) is 0 Å². The van der Waals surface area contributed by atoms with Gasteiger partial charge in [-0.2, -0.15) is 0 Å². The summed E-state index contributed by atoms with van der Waals surface area (Å²) < 4.78 is 11.1. The summed E-state index contributed by atoms with van der Waals surface area (Å²) in [5.74, 6) is 2.32. The Bertz CT molecular complexity index is 582. The van der Waals surface area contributed by atoms with E-state index in [1.807, 2.05) is 31.2 Å². The summed E-state index contributed by atoms with van der Waals surface area (Å²) in [4.78, 5) is 0. The molecule has 19 heavy (non-hydrogen) atoms. The zero-order chi connectivity index (χ0) is 13.8. The monoisotopic (exact) mass is 296 g/mol. The van der Waals surface area contributed by atoms with Gasteiger partial charge in [-0.05, 0) is 42.3 Å². The molecule has 0 aliphatic carbocycles. The Morgan fingerprint density at radius 3 is 2.37 bits per heavy atom. The van der Waals surface area contributed by atoms with E-state index in [0.717, 1.165) is 11.1 Å². The number of hydrogen-bond donors (Lipinski definition) is 0. The van der Waals surface area contributed by atoms with Crippen LogP contribution in [0.1, 0.15) is 11.1 Å². The Balaban J connectivity index is 2.31. The summed E-state index contributed by atoms with van der Waals surface area (Å²) in [5.41, 5.74) is 2.06. The molecule has 0 spiro atoms. The predicted octanol–water partition coefficient (Wildman–Crippen LogP) is 5.19. The molecule has 2 aromatic rings. The first-order valence-electron chi connectivity index (χ1n) is 5.81. The van der Waals surface area contributed by atoms with Gasteiger partial charge in [0.05, 0.1) is 12.1 Å². The van der Waals surface area contributed by atoms with Crippen molar-refractivity contribution in [2.24, 2.45) is 0 Å². The number of benzene rings is 2. The number of alkyl halides is 1. The first-order valence-corrected chi connectivity index (χ1v) is 6.72. The minimum absolute atomic E-state index is 0.424. The normalized spacial score (nSPS) is 10.3. The van der Waals surface area contributed by atoms with E-state index < -0.39 is 0 Å². The third kappa shape index (κ3) is 3.34. The van der Waals surface area contributed by atoms with Crippen LogP contribution < -0.4 is 9.47 Å². The van der Waals surface area contributed by atoms with Crippen LogP contribution in [0.3, 0.4) is 0 Å². The van der Waals surface area contributed by atoms with Crippen molar-refractivity contribution in [1.29, 1.82) is 0 Å². The maximum Gasteiger partial charge on any atom is 0.169 e. The molecule has 0 saturated carbocycles. The van der Waals surface area contributed by atoms with Crippen molar-refractivity contribution in [3.63, 3.8) is 0 Å². The lowest BCUT2D eigenvalue weighted by molar-refractivity contribution is 0.378. The standard InChI is InChI=1S/C15H14Cl2O2/c1-10-3-5-14(15(7-10)18-2)19-13-6-4-11(9-16)8-12(13)17/h3-8H,9H2,1-2H3. The summed E-state index contributed by atoms with van der Waals surface area (Å²) in [5, 5.41) is 0.528. The van der Waals surface area contributed by atoms with E-state index in [1.165, 1.54) is 0 Å². The minimum atomic E-state index is 0.424. The highest BCUT2D eigenvalue weighted by atomic mass is 35.5. The molecule has 0 amide bonds. The Labute approximate surface area is 122 Å². The molecule has 0 N–H and O–H groups in total. The van der Waals surface area contributed by atoms with E-state index in [4.69, 9.17) is 32.7 Å². The van der Waals surface area contributed by atoms with Crippen LogP contribution in [-0.4, -0.2) is 7.11 Å². The molecule has 2 aromatic carbocycles. The summed E-state index contributed by atoms with van der Waals surface area (Å²) in [6.07, 6.45) is 0. The van der Waals surface area contributed by atoms with Gasteiger partial charge in [0, 0.05) is 5.88 Å². The van der Waals surface area contributed by atoms with Gasteiger partial charge in [-0.25, -0.2) is 0 Å². The molecular formula is C15H14Cl2O2. The van der Waals surface area contributed by atoms with Gasteiger partial charge in [-0.3, -0.25) is 0 Å². The van der Waals surface area contributed by atoms with Crippen molar-refractivity contribution in [3.05, 3.63) is 52.5 Å². The molecule has 0 heterocycles. The van der Waals surface area contributed by atoms with Crippen molar-refractivity contribution < 1.29 is 9.47 Å². The third-order valence-corrected chi connectivity index (χ3v) is 3.29. The van der Waals surface area contributed by atoms with E-state index in [-0.39, 0.29) is 0 Å². The highest BCUT2D eigenvalue weighted by Crippen LogP contribution is 2.35. The SMILES string of the molecule is COc1cc(C)ccc1Oc1ccc(CCl)cc1Cl. The quantitative estimate of drug-likeness (QED) is 0.723. The average Bonchev–Trinajstić information content (AvgIpc) is 2.42. The molecule has 0 atom stereocenters. The van der Waals surface area contributed by atoms with Crippen LogP contribution in [0, 0.1) is 6.92 Å². The largest absolute Gasteiger partial charge is 0.493 e. The minimum Gasteiger partial charge on any atom is -0.493 e. The van der Waals surface area contributed by atoms with Crippen LogP contribution in [0.25, 0.3) is 0 Å². The van der Waals surface area contributed by atoms with Gasteiger partial charge in [0.1, 0.15) is 5.75 Å². The smallest absolute Gasteiger partial charge is 0.169 e. The first kappa shape index (κ1) is 14.0. The fourth-order valence-electron chi connectivity index (χ4n) is 1.69. The molecule has 100 valence electrons. The topological polar surface area (TPSA) is 18.5 Å². The number of aryl methyl sites for hydroxylation is 1. The fraction of sp³-hybridized carbons (Fsp3) is 0.200. The molecule has 0 radical (unpaired) electrons. The van der Waals surface area contributed by atoms with Gasteiger partial charge in [0.25, 0.3) is 0 Å². The van der Waals surface area contributed by atoms with Gasteiger partial charge in [-0.15, -0.1) is 11.6 Å².